The number of anilines is 1. The normalized spacial score (nSPS) is 16.5. The third-order valence-electron chi connectivity index (χ3n) is 3.25. The van der Waals surface area contributed by atoms with Gasteiger partial charge in [0.15, 0.2) is 0 Å². The van der Waals surface area contributed by atoms with Crippen LogP contribution in [-0.4, -0.2) is 60.2 Å². The number of nitrogens with one attached hydrogen (secondary N) is 2. The van der Waals surface area contributed by atoms with Gasteiger partial charge in [0.1, 0.15) is 5.82 Å². The lowest BCUT2D eigenvalue weighted by molar-refractivity contribution is 0.0697. The number of carbonyl (C=O) groups excluding carboxylic acids is 1. The van der Waals surface area contributed by atoms with Crippen molar-refractivity contribution in [2.45, 2.75) is 0 Å². The zero-order valence-electron chi connectivity index (χ0n) is 11.6. The first kappa shape index (κ1) is 15.2. The van der Waals surface area contributed by atoms with Gasteiger partial charge in [-0.2, -0.15) is 0 Å². The Morgan fingerprint density at radius 2 is 1.90 bits per heavy atom. The molecule has 0 unspecified atom stereocenters. The lowest BCUT2D eigenvalue weighted by Crippen LogP contribution is -2.53. The summed E-state index contributed by atoms with van der Waals surface area (Å²) in [4.78, 5) is 25.0. The van der Waals surface area contributed by atoms with Gasteiger partial charge in [-0.15, -0.1) is 0 Å². The van der Waals surface area contributed by atoms with Crippen LogP contribution in [0.15, 0.2) is 18.2 Å². The molecule has 8 heteroatoms. The number of carboxylic acid groups (broad SMARTS) is 1. The first-order valence-corrected chi connectivity index (χ1v) is 6.50. The van der Waals surface area contributed by atoms with Crippen molar-refractivity contribution in [2.24, 2.45) is 0 Å². The Hall–Kier alpha value is -2.19. The molecule has 114 valence electrons. The summed E-state index contributed by atoms with van der Waals surface area (Å²) >= 11 is 0. The van der Waals surface area contributed by atoms with Crippen molar-refractivity contribution in [3.05, 3.63) is 29.6 Å². The molecule has 0 aliphatic carbocycles. The third kappa shape index (κ3) is 3.89. The van der Waals surface area contributed by atoms with Crippen LogP contribution in [0.25, 0.3) is 0 Å². The highest BCUT2D eigenvalue weighted by Crippen LogP contribution is 2.19. The fraction of sp³-hybridized carbons (Fsp3) is 0.385. The molecule has 2 rings (SSSR count). The summed E-state index contributed by atoms with van der Waals surface area (Å²) in [5, 5.41) is 13.0. The van der Waals surface area contributed by atoms with Gasteiger partial charge in [0.2, 0.25) is 0 Å². The fourth-order valence-electron chi connectivity index (χ4n) is 2.03. The van der Waals surface area contributed by atoms with Crippen molar-refractivity contribution >= 4 is 17.7 Å². The Labute approximate surface area is 121 Å². The number of hydrazine groups is 1. The van der Waals surface area contributed by atoms with E-state index in [2.05, 4.69) is 15.6 Å². The molecular formula is C13H17FN4O3. The summed E-state index contributed by atoms with van der Waals surface area (Å²) in [6, 6.07) is 2.95. The van der Waals surface area contributed by atoms with Crippen molar-refractivity contribution < 1.29 is 19.1 Å². The van der Waals surface area contributed by atoms with Crippen molar-refractivity contribution in [3.8, 4) is 0 Å². The highest BCUT2D eigenvalue weighted by atomic mass is 19.1. The zero-order valence-corrected chi connectivity index (χ0v) is 11.6. The van der Waals surface area contributed by atoms with Crippen molar-refractivity contribution in [2.75, 3.05) is 38.5 Å². The second kappa shape index (κ2) is 6.51. The van der Waals surface area contributed by atoms with Crippen LogP contribution in [0.3, 0.4) is 0 Å². The summed E-state index contributed by atoms with van der Waals surface area (Å²) < 4.78 is 13.7. The molecule has 1 aliphatic rings. The standard InChI is InChI=1S/C13H17FN4O3/c1-17-5-7-18(8-6-17)16-13(21)15-11-9(12(19)20)3-2-4-10(11)14/h2-4H,5-8H2,1H3,(H,19,20)(H2,15,16,21). The number of nitrogens with zero attached hydrogens (tertiary/aromatic N) is 2. The Bertz CT molecular complexity index is 544. The molecule has 1 aliphatic heterocycles. The number of halogens is 1. The molecule has 2 amide bonds. The van der Waals surface area contributed by atoms with Gasteiger partial charge in [0, 0.05) is 26.2 Å². The van der Waals surface area contributed by atoms with E-state index >= 15 is 0 Å². The summed E-state index contributed by atoms with van der Waals surface area (Å²) in [7, 11) is 1.98. The smallest absolute Gasteiger partial charge is 0.337 e. The molecule has 1 aromatic carbocycles. The van der Waals surface area contributed by atoms with E-state index < -0.39 is 17.8 Å². The maximum absolute atomic E-state index is 13.7. The van der Waals surface area contributed by atoms with E-state index in [1.54, 1.807) is 5.01 Å². The lowest BCUT2D eigenvalue weighted by atomic mass is 10.1. The molecule has 0 atom stereocenters. The molecule has 21 heavy (non-hydrogen) atoms. The molecule has 7 nitrogen and oxygen atoms in total. The average molecular weight is 296 g/mol. The number of urea groups is 1. The molecule has 0 radical (unpaired) electrons. The van der Waals surface area contributed by atoms with Gasteiger partial charge in [-0.3, -0.25) is 5.43 Å². The van der Waals surface area contributed by atoms with E-state index in [0.29, 0.717) is 13.1 Å². The molecule has 1 heterocycles. The molecule has 1 fully saturated rings. The number of likely N-dealkylation sites (N-methyl/N-ethyl adjacent to an activating group) is 1. The molecule has 3 N–H and O–H groups in total. The molecule has 1 aromatic rings. The second-order valence-corrected chi connectivity index (χ2v) is 4.82. The van der Waals surface area contributed by atoms with E-state index in [4.69, 9.17) is 5.11 Å². The molecule has 0 saturated carbocycles. The van der Waals surface area contributed by atoms with Crippen molar-refractivity contribution in [1.29, 1.82) is 0 Å². The molecule has 0 spiro atoms. The fourth-order valence-corrected chi connectivity index (χ4v) is 2.03. The average Bonchev–Trinajstić information content (AvgIpc) is 2.43. The summed E-state index contributed by atoms with van der Waals surface area (Å²) in [5.41, 5.74) is 1.95. The number of carbonyl (C=O) groups is 2. The van der Waals surface area contributed by atoms with Gasteiger partial charge in [-0.25, -0.2) is 19.0 Å². The number of hydrogen-bond donors (Lipinski definition) is 3. The lowest BCUT2D eigenvalue weighted by Gasteiger charge is -2.32. The maximum atomic E-state index is 13.7. The number of hydrogen-bond acceptors (Lipinski definition) is 4. The highest BCUT2D eigenvalue weighted by molar-refractivity contribution is 6.00. The molecule has 1 saturated heterocycles. The number of aromatic carboxylic acids is 1. The Kier molecular flexibility index (Phi) is 4.71. The van der Waals surface area contributed by atoms with Gasteiger partial charge >= 0.3 is 12.0 Å². The number of rotatable bonds is 3. The van der Waals surface area contributed by atoms with Crippen molar-refractivity contribution in [3.63, 3.8) is 0 Å². The highest BCUT2D eigenvalue weighted by Gasteiger charge is 2.19. The summed E-state index contributed by atoms with van der Waals surface area (Å²) in [6.07, 6.45) is 0. The van der Waals surface area contributed by atoms with Crippen LogP contribution in [0.1, 0.15) is 10.4 Å². The summed E-state index contributed by atoms with van der Waals surface area (Å²) in [6.45, 7) is 2.90. The van der Waals surface area contributed by atoms with Crippen LogP contribution in [0.4, 0.5) is 14.9 Å². The third-order valence-corrected chi connectivity index (χ3v) is 3.25. The second-order valence-electron chi connectivity index (χ2n) is 4.82. The first-order chi connectivity index (χ1) is 9.97. The van der Waals surface area contributed by atoms with Gasteiger partial charge < -0.3 is 15.3 Å². The topological polar surface area (TPSA) is 84.9 Å². The Balaban J connectivity index is 2.01. The minimum Gasteiger partial charge on any atom is -0.478 e. The molecule has 0 aromatic heterocycles. The largest absolute Gasteiger partial charge is 0.478 e. The van der Waals surface area contributed by atoms with Gasteiger partial charge in [-0.05, 0) is 19.2 Å². The van der Waals surface area contributed by atoms with Crippen LogP contribution in [0.5, 0.6) is 0 Å². The van der Waals surface area contributed by atoms with E-state index in [1.807, 2.05) is 7.05 Å². The first-order valence-electron chi connectivity index (χ1n) is 6.50. The van der Waals surface area contributed by atoms with Gasteiger partial charge in [0.25, 0.3) is 0 Å². The number of carboxylic acids is 1. The van der Waals surface area contributed by atoms with Gasteiger partial charge in [-0.1, -0.05) is 6.07 Å². The van der Waals surface area contributed by atoms with E-state index in [9.17, 15) is 14.0 Å². The maximum Gasteiger partial charge on any atom is 0.337 e. The minimum atomic E-state index is -1.30. The molecular weight excluding hydrogens is 279 g/mol. The van der Waals surface area contributed by atoms with Crippen molar-refractivity contribution in [1.82, 2.24) is 15.3 Å². The van der Waals surface area contributed by atoms with Crippen LogP contribution in [-0.2, 0) is 0 Å². The van der Waals surface area contributed by atoms with E-state index in [1.165, 1.54) is 12.1 Å². The van der Waals surface area contributed by atoms with Crippen LogP contribution in [0, 0.1) is 5.82 Å². The quantitative estimate of drug-likeness (QED) is 0.768. The van der Waals surface area contributed by atoms with Crippen LogP contribution >= 0.6 is 0 Å². The monoisotopic (exact) mass is 296 g/mol. The van der Waals surface area contributed by atoms with Crippen LogP contribution < -0.4 is 10.7 Å². The zero-order chi connectivity index (χ0) is 15.4. The number of para-hydroxylation sites is 1. The predicted octanol–water partition coefficient (Wildman–Crippen LogP) is 0.808. The number of amides is 2. The number of benzene rings is 1. The summed E-state index contributed by atoms with van der Waals surface area (Å²) in [5.74, 6) is -2.09. The Morgan fingerprint density at radius 1 is 1.24 bits per heavy atom. The Morgan fingerprint density at radius 3 is 2.52 bits per heavy atom. The number of piperazine rings is 1. The predicted molar refractivity (Wildman–Crippen MR) is 74.6 cm³/mol. The van der Waals surface area contributed by atoms with E-state index in [-0.39, 0.29) is 11.3 Å². The van der Waals surface area contributed by atoms with Gasteiger partial charge in [0.05, 0.1) is 11.3 Å². The van der Waals surface area contributed by atoms with Crippen LogP contribution in [0.2, 0.25) is 0 Å². The molecule has 0 bridgehead atoms. The minimum absolute atomic E-state index is 0.288. The SMILES string of the molecule is CN1CCN(NC(=O)Nc2c(F)cccc2C(=O)O)CC1. The van der Waals surface area contributed by atoms with E-state index in [0.717, 1.165) is 19.2 Å².